The number of unbranched alkanes of at least 4 members (excludes halogenated alkanes) is 3. The third kappa shape index (κ3) is 3.94. The highest BCUT2D eigenvalue weighted by molar-refractivity contribution is 6.04. The summed E-state index contributed by atoms with van der Waals surface area (Å²) in [5.41, 5.74) is 0. The van der Waals surface area contributed by atoms with Gasteiger partial charge in [-0.05, 0) is 25.7 Å². The van der Waals surface area contributed by atoms with E-state index >= 15 is 0 Å². The van der Waals surface area contributed by atoms with Crippen molar-refractivity contribution in [3.63, 3.8) is 0 Å². The Kier molecular flexibility index (Phi) is 6.33. The van der Waals surface area contributed by atoms with Crippen molar-refractivity contribution in [3.8, 4) is 0 Å². The molecule has 1 rings (SSSR count). The van der Waals surface area contributed by atoms with E-state index in [0.29, 0.717) is 18.6 Å². The van der Waals surface area contributed by atoms with Crippen molar-refractivity contribution in [2.24, 2.45) is 0 Å². The molecule has 1 aliphatic heterocycles. The van der Waals surface area contributed by atoms with Gasteiger partial charge in [-0.15, -0.1) is 6.58 Å². The van der Waals surface area contributed by atoms with Crippen LogP contribution in [0.4, 0.5) is 0 Å². The summed E-state index contributed by atoms with van der Waals surface area (Å²) >= 11 is 0. The molecule has 0 saturated heterocycles. The maximum absolute atomic E-state index is 12.1. The average Bonchev–Trinajstić information content (AvgIpc) is 2.74. The van der Waals surface area contributed by atoms with Crippen LogP contribution in [0.3, 0.4) is 0 Å². The third-order valence-electron chi connectivity index (χ3n) is 3.33. The number of ether oxygens (including phenoxy) is 1. The summed E-state index contributed by atoms with van der Waals surface area (Å²) in [6.45, 7) is 5.61. The predicted molar refractivity (Wildman–Crippen MR) is 74.3 cm³/mol. The number of carbonyl (C=O) groups is 2. The Morgan fingerprint density at radius 3 is 2.79 bits per heavy atom. The van der Waals surface area contributed by atoms with Gasteiger partial charge in [0, 0.05) is 12.5 Å². The number of hydrogen-bond donors (Lipinski definition) is 0. The zero-order valence-corrected chi connectivity index (χ0v) is 11.9. The van der Waals surface area contributed by atoms with Crippen molar-refractivity contribution in [2.75, 3.05) is 7.11 Å². The Morgan fingerprint density at radius 1 is 1.47 bits per heavy atom. The van der Waals surface area contributed by atoms with E-state index in [4.69, 9.17) is 4.74 Å². The lowest BCUT2D eigenvalue weighted by molar-refractivity contribution is -0.143. The molecule has 1 atom stereocenters. The summed E-state index contributed by atoms with van der Waals surface area (Å²) in [7, 11) is 1.53. The highest BCUT2D eigenvalue weighted by Crippen LogP contribution is 2.24. The molecule has 0 aliphatic carbocycles. The molecule has 0 aromatic carbocycles. The molecule has 0 aromatic heterocycles. The monoisotopic (exact) mass is 265 g/mol. The van der Waals surface area contributed by atoms with E-state index < -0.39 is 0 Å². The predicted octanol–water partition coefficient (Wildman–Crippen LogP) is 2.80. The summed E-state index contributed by atoms with van der Waals surface area (Å²) in [4.78, 5) is 25.3. The van der Waals surface area contributed by atoms with Crippen molar-refractivity contribution in [1.29, 1.82) is 0 Å². The fraction of sp³-hybridized carbons (Fsp3) is 0.600. The maximum Gasteiger partial charge on any atom is 0.257 e. The number of carbonyl (C=O) groups excluding carboxylic acids is 2. The van der Waals surface area contributed by atoms with Crippen LogP contribution in [0.25, 0.3) is 0 Å². The fourth-order valence-corrected chi connectivity index (χ4v) is 2.31. The quantitative estimate of drug-likeness (QED) is 0.501. The van der Waals surface area contributed by atoms with Crippen molar-refractivity contribution in [3.05, 3.63) is 24.5 Å². The van der Waals surface area contributed by atoms with E-state index in [1.165, 1.54) is 18.1 Å². The molecule has 0 radical (unpaired) electrons. The van der Waals surface area contributed by atoms with Crippen molar-refractivity contribution >= 4 is 11.8 Å². The second-order valence-electron chi connectivity index (χ2n) is 4.66. The normalized spacial score (nSPS) is 18.4. The van der Waals surface area contributed by atoms with Crippen LogP contribution < -0.4 is 0 Å². The number of allylic oxidation sites excluding steroid dienone is 1. The number of hydrogen-bond acceptors (Lipinski definition) is 3. The standard InChI is InChI=1S/C15H23NO3/c1-4-6-7-8-9-10-14(17)16-12(5-2)13(19-3)11-15(16)18/h4,11-12H,1,5-10H2,2-3H3. The van der Waals surface area contributed by atoms with Crippen LogP contribution in [0.1, 0.15) is 45.4 Å². The second kappa shape index (κ2) is 7.77. The lowest BCUT2D eigenvalue weighted by atomic mass is 10.1. The molecule has 0 spiro atoms. The Morgan fingerprint density at radius 2 is 2.21 bits per heavy atom. The van der Waals surface area contributed by atoms with Gasteiger partial charge in [-0.3, -0.25) is 14.5 Å². The summed E-state index contributed by atoms with van der Waals surface area (Å²) in [6.07, 6.45) is 8.24. The molecule has 106 valence electrons. The number of imide groups is 1. The zero-order chi connectivity index (χ0) is 14.3. The molecule has 0 aromatic rings. The molecule has 4 nitrogen and oxygen atoms in total. The summed E-state index contributed by atoms with van der Waals surface area (Å²) < 4.78 is 5.16. The van der Waals surface area contributed by atoms with Crippen LogP contribution in [-0.4, -0.2) is 29.9 Å². The smallest absolute Gasteiger partial charge is 0.257 e. The van der Waals surface area contributed by atoms with Crippen molar-refractivity contribution in [1.82, 2.24) is 4.90 Å². The lowest BCUT2D eigenvalue weighted by Crippen LogP contribution is -2.40. The molecular formula is C15H23NO3. The van der Waals surface area contributed by atoms with E-state index in [1.54, 1.807) is 0 Å². The van der Waals surface area contributed by atoms with Gasteiger partial charge in [-0.1, -0.05) is 19.4 Å². The summed E-state index contributed by atoms with van der Waals surface area (Å²) in [5, 5.41) is 0. The average molecular weight is 265 g/mol. The molecule has 1 aliphatic rings. The van der Waals surface area contributed by atoms with Gasteiger partial charge in [0.2, 0.25) is 5.91 Å². The number of methoxy groups -OCH3 is 1. The van der Waals surface area contributed by atoms with Gasteiger partial charge >= 0.3 is 0 Å². The molecule has 2 amide bonds. The van der Waals surface area contributed by atoms with Gasteiger partial charge in [0.05, 0.1) is 13.2 Å². The van der Waals surface area contributed by atoms with Gasteiger partial charge in [0.15, 0.2) is 0 Å². The largest absolute Gasteiger partial charge is 0.499 e. The zero-order valence-electron chi connectivity index (χ0n) is 11.9. The summed E-state index contributed by atoms with van der Waals surface area (Å²) in [6, 6.07) is -0.224. The maximum atomic E-state index is 12.1. The van der Waals surface area contributed by atoms with E-state index in [9.17, 15) is 9.59 Å². The topological polar surface area (TPSA) is 46.6 Å². The van der Waals surface area contributed by atoms with Crippen molar-refractivity contribution < 1.29 is 14.3 Å². The van der Waals surface area contributed by atoms with E-state index in [2.05, 4.69) is 6.58 Å². The van der Waals surface area contributed by atoms with Gasteiger partial charge in [0.1, 0.15) is 5.76 Å². The Labute approximate surface area is 115 Å². The minimum atomic E-state index is -0.250. The van der Waals surface area contributed by atoms with Crippen LogP contribution in [0.2, 0.25) is 0 Å². The minimum absolute atomic E-state index is 0.0984. The third-order valence-corrected chi connectivity index (χ3v) is 3.33. The molecule has 0 N–H and O–H groups in total. The Hall–Kier alpha value is -1.58. The van der Waals surface area contributed by atoms with Gasteiger partial charge in [0.25, 0.3) is 5.91 Å². The van der Waals surface area contributed by atoms with Crippen LogP contribution in [0.15, 0.2) is 24.5 Å². The molecular weight excluding hydrogens is 242 g/mol. The molecule has 1 heterocycles. The number of nitrogens with zero attached hydrogens (tertiary/aromatic N) is 1. The van der Waals surface area contributed by atoms with E-state index in [0.717, 1.165) is 25.7 Å². The van der Waals surface area contributed by atoms with Gasteiger partial charge < -0.3 is 4.74 Å². The highest BCUT2D eigenvalue weighted by atomic mass is 16.5. The Balaban J connectivity index is 2.48. The van der Waals surface area contributed by atoms with Crippen LogP contribution in [0.5, 0.6) is 0 Å². The van der Waals surface area contributed by atoms with Crippen molar-refractivity contribution in [2.45, 2.75) is 51.5 Å². The highest BCUT2D eigenvalue weighted by Gasteiger charge is 2.36. The van der Waals surface area contributed by atoms with E-state index in [1.807, 2.05) is 13.0 Å². The second-order valence-corrected chi connectivity index (χ2v) is 4.66. The van der Waals surface area contributed by atoms with Crippen LogP contribution in [0, 0.1) is 0 Å². The molecule has 19 heavy (non-hydrogen) atoms. The first-order valence-electron chi connectivity index (χ1n) is 6.88. The SMILES string of the molecule is C=CCCCCCC(=O)N1C(=O)C=C(OC)C1CC. The molecule has 0 saturated carbocycles. The first-order valence-corrected chi connectivity index (χ1v) is 6.88. The minimum Gasteiger partial charge on any atom is -0.499 e. The molecule has 4 heteroatoms. The van der Waals surface area contributed by atoms with Crippen LogP contribution in [-0.2, 0) is 14.3 Å². The molecule has 1 unspecified atom stereocenters. The lowest BCUT2D eigenvalue weighted by Gasteiger charge is -2.23. The first-order chi connectivity index (χ1) is 9.15. The Bertz CT molecular complexity index is 374. The van der Waals surface area contributed by atoms with Gasteiger partial charge in [-0.2, -0.15) is 0 Å². The first kappa shape index (κ1) is 15.5. The summed E-state index contributed by atoms with van der Waals surface area (Å²) in [5.74, 6) is 0.242. The number of rotatable bonds is 8. The fourth-order valence-electron chi connectivity index (χ4n) is 2.31. The van der Waals surface area contributed by atoms with Gasteiger partial charge in [-0.25, -0.2) is 0 Å². The van der Waals surface area contributed by atoms with Crippen LogP contribution >= 0.6 is 0 Å². The molecule has 0 fully saturated rings. The van der Waals surface area contributed by atoms with E-state index in [-0.39, 0.29) is 17.9 Å². The number of amides is 2. The molecule has 0 bridgehead atoms.